The number of carboxylic acids is 2. The molecule has 0 fully saturated rings. The van der Waals surface area contributed by atoms with E-state index >= 15 is 0 Å². The fraction of sp³-hybridized carbons (Fsp3) is 0.545. The number of ether oxygens (including phenoxy) is 3. The van der Waals surface area contributed by atoms with Crippen LogP contribution in [0, 0.1) is 0 Å². The zero-order chi connectivity index (χ0) is 23.6. The second-order valence-corrected chi connectivity index (χ2v) is 7.15. The van der Waals surface area contributed by atoms with Crippen LogP contribution in [-0.4, -0.2) is 71.9 Å². The van der Waals surface area contributed by atoms with E-state index in [1.807, 2.05) is 52.0 Å². The van der Waals surface area contributed by atoms with Crippen LogP contribution in [0.2, 0.25) is 0 Å². The third kappa shape index (κ3) is 24.6. The Labute approximate surface area is 207 Å². The van der Waals surface area contributed by atoms with Crippen molar-refractivity contribution in [3.05, 3.63) is 42.0 Å². The lowest BCUT2D eigenvalue weighted by molar-refractivity contribution is -0.134. The molecule has 192 valence electrons. The summed E-state index contributed by atoms with van der Waals surface area (Å²) in [6, 6.07) is 8.09. The van der Waals surface area contributed by atoms with Gasteiger partial charge < -0.3 is 34.8 Å². The Morgan fingerprint density at radius 3 is 1.97 bits per heavy atom. The Bertz CT molecular complexity index is 638. The zero-order valence-electron chi connectivity index (χ0n) is 19.4. The minimum atomic E-state index is -1.26. The maximum atomic E-state index is 9.80. The van der Waals surface area contributed by atoms with Gasteiger partial charge in [0.05, 0.1) is 25.9 Å². The highest BCUT2D eigenvalue weighted by Crippen LogP contribution is 2.13. The van der Waals surface area contributed by atoms with Crippen molar-refractivity contribution in [1.82, 2.24) is 5.32 Å². The van der Waals surface area contributed by atoms with Gasteiger partial charge in [0.15, 0.2) is 0 Å². The Morgan fingerprint density at radius 1 is 0.970 bits per heavy atom. The molecule has 33 heavy (non-hydrogen) atoms. The second-order valence-electron chi connectivity index (χ2n) is 7.15. The van der Waals surface area contributed by atoms with Crippen molar-refractivity contribution in [3.63, 3.8) is 0 Å². The Kier molecular flexibility index (Phi) is 23.7. The van der Waals surface area contributed by atoms with Crippen LogP contribution >= 0.6 is 24.8 Å². The number of aliphatic hydroxyl groups excluding tert-OH is 1. The van der Waals surface area contributed by atoms with E-state index in [9.17, 15) is 14.7 Å². The monoisotopic (exact) mass is 513 g/mol. The number of hydrogen-bond acceptors (Lipinski definition) is 7. The number of halogens is 2. The van der Waals surface area contributed by atoms with E-state index in [2.05, 4.69) is 5.32 Å². The molecule has 1 rings (SSSR count). The highest BCUT2D eigenvalue weighted by molar-refractivity contribution is 5.89. The molecule has 0 aliphatic carbocycles. The van der Waals surface area contributed by atoms with Crippen LogP contribution < -0.4 is 10.1 Å². The van der Waals surface area contributed by atoms with E-state index in [0.717, 1.165) is 11.3 Å². The summed E-state index contributed by atoms with van der Waals surface area (Å²) in [5.41, 5.74) is 1.09. The van der Waals surface area contributed by atoms with E-state index in [0.29, 0.717) is 44.6 Å². The topological polar surface area (TPSA) is 135 Å². The minimum absolute atomic E-state index is 0. The predicted octanol–water partition coefficient (Wildman–Crippen LogP) is 2.92. The smallest absolute Gasteiger partial charge is 0.328 e. The summed E-state index contributed by atoms with van der Waals surface area (Å²) in [5, 5.41) is 28.6. The standard InChI is InChI=1S/C18H31NO4.C4H4O4.2ClH/c1-14(2)19-11-17(20)13-23-18-7-5-16(6-8-18)12-21-9-10-22-15(3)4;5-3(6)1-2-4(7)8;;/h5-8,14-15,17,19-20H,9-13H2,1-4H3;1-2H,(H,5,6)(H,7,8);2*1H/b;2-1+;;. The average Bonchev–Trinajstić information content (AvgIpc) is 2.70. The van der Waals surface area contributed by atoms with Gasteiger partial charge in [-0.1, -0.05) is 26.0 Å². The summed E-state index contributed by atoms with van der Waals surface area (Å²) in [6.07, 6.45) is 0.840. The molecule has 0 spiro atoms. The van der Waals surface area contributed by atoms with Crippen LogP contribution in [0.5, 0.6) is 5.75 Å². The first-order valence-corrected chi connectivity index (χ1v) is 10.1. The van der Waals surface area contributed by atoms with E-state index in [4.69, 9.17) is 24.4 Å². The van der Waals surface area contributed by atoms with Crippen molar-refractivity contribution in [2.24, 2.45) is 0 Å². The molecule has 11 heteroatoms. The molecule has 0 saturated carbocycles. The van der Waals surface area contributed by atoms with Crippen LogP contribution in [0.15, 0.2) is 36.4 Å². The molecule has 4 N–H and O–H groups in total. The molecular formula is C22H37Cl2NO8. The van der Waals surface area contributed by atoms with Crippen molar-refractivity contribution in [2.75, 3.05) is 26.4 Å². The van der Waals surface area contributed by atoms with Crippen molar-refractivity contribution in [2.45, 2.75) is 52.6 Å². The normalized spacial score (nSPS) is 11.2. The summed E-state index contributed by atoms with van der Waals surface area (Å²) < 4.78 is 16.5. The molecule has 0 aromatic heterocycles. The molecule has 0 bridgehead atoms. The van der Waals surface area contributed by atoms with Crippen LogP contribution in [-0.2, 0) is 25.7 Å². The van der Waals surface area contributed by atoms with Gasteiger partial charge in [-0.05, 0) is 31.5 Å². The molecule has 0 heterocycles. The third-order valence-corrected chi connectivity index (χ3v) is 3.44. The van der Waals surface area contributed by atoms with Gasteiger partial charge in [-0.3, -0.25) is 0 Å². The molecule has 1 atom stereocenters. The maximum absolute atomic E-state index is 9.80. The van der Waals surface area contributed by atoms with Gasteiger partial charge in [0.2, 0.25) is 0 Å². The van der Waals surface area contributed by atoms with Crippen molar-refractivity contribution >= 4 is 36.8 Å². The summed E-state index contributed by atoms with van der Waals surface area (Å²) >= 11 is 0. The zero-order valence-corrected chi connectivity index (χ0v) is 21.1. The fourth-order valence-electron chi connectivity index (χ4n) is 1.98. The molecule has 1 aromatic carbocycles. The number of aliphatic hydroxyl groups is 1. The summed E-state index contributed by atoms with van der Waals surface area (Å²) in [7, 11) is 0. The minimum Gasteiger partial charge on any atom is -0.491 e. The van der Waals surface area contributed by atoms with Gasteiger partial charge in [-0.25, -0.2) is 9.59 Å². The summed E-state index contributed by atoms with van der Waals surface area (Å²) in [5.74, 6) is -1.76. The van der Waals surface area contributed by atoms with Crippen molar-refractivity contribution in [1.29, 1.82) is 0 Å². The number of rotatable bonds is 14. The lowest BCUT2D eigenvalue weighted by Crippen LogP contribution is -2.35. The first kappa shape index (κ1) is 35.7. The van der Waals surface area contributed by atoms with Crippen LogP contribution in [0.3, 0.4) is 0 Å². The Morgan fingerprint density at radius 2 is 1.52 bits per heavy atom. The van der Waals surface area contributed by atoms with Crippen molar-refractivity contribution < 1.29 is 39.1 Å². The first-order valence-electron chi connectivity index (χ1n) is 10.1. The third-order valence-electron chi connectivity index (χ3n) is 3.44. The molecular weight excluding hydrogens is 477 g/mol. The highest BCUT2D eigenvalue weighted by atomic mass is 35.5. The van der Waals surface area contributed by atoms with Gasteiger partial charge in [-0.2, -0.15) is 0 Å². The van der Waals surface area contributed by atoms with Gasteiger partial charge in [0.1, 0.15) is 18.5 Å². The van der Waals surface area contributed by atoms with E-state index in [-0.39, 0.29) is 37.5 Å². The number of aliphatic carboxylic acids is 2. The average molecular weight is 514 g/mol. The Hall–Kier alpha value is -1.88. The SMILES string of the molecule is CC(C)NCC(O)COc1ccc(COCCOC(C)C)cc1.Cl.Cl.O=C(O)/C=C/C(=O)O. The van der Waals surface area contributed by atoms with Crippen molar-refractivity contribution in [3.8, 4) is 5.75 Å². The second kappa shape index (κ2) is 21.9. The predicted molar refractivity (Wildman–Crippen MR) is 131 cm³/mol. The highest BCUT2D eigenvalue weighted by Gasteiger charge is 2.06. The largest absolute Gasteiger partial charge is 0.491 e. The van der Waals surface area contributed by atoms with Crippen LogP contribution in [0.25, 0.3) is 0 Å². The first-order chi connectivity index (χ1) is 14.6. The van der Waals surface area contributed by atoms with E-state index in [1.165, 1.54) is 0 Å². The molecule has 0 amide bonds. The number of nitrogens with one attached hydrogen (secondary N) is 1. The quantitative estimate of drug-likeness (QED) is 0.218. The number of carboxylic acid groups (broad SMARTS) is 2. The summed E-state index contributed by atoms with van der Waals surface area (Å²) in [4.78, 5) is 19.1. The molecule has 0 saturated heterocycles. The molecule has 0 radical (unpaired) electrons. The van der Waals surface area contributed by atoms with Gasteiger partial charge in [-0.15, -0.1) is 24.8 Å². The van der Waals surface area contributed by atoms with Crippen LogP contribution in [0.1, 0.15) is 33.3 Å². The molecule has 9 nitrogen and oxygen atoms in total. The number of hydrogen-bond donors (Lipinski definition) is 4. The number of benzene rings is 1. The molecule has 0 aliphatic rings. The lowest BCUT2D eigenvalue weighted by Gasteiger charge is -2.15. The van der Waals surface area contributed by atoms with Gasteiger partial charge in [0, 0.05) is 24.7 Å². The molecule has 0 aliphatic heterocycles. The van der Waals surface area contributed by atoms with Crippen LogP contribution in [0.4, 0.5) is 0 Å². The Balaban J connectivity index is -0.000000774. The van der Waals surface area contributed by atoms with E-state index < -0.39 is 18.0 Å². The van der Waals surface area contributed by atoms with E-state index in [1.54, 1.807) is 0 Å². The number of carbonyl (C=O) groups is 2. The fourth-order valence-corrected chi connectivity index (χ4v) is 1.98. The maximum Gasteiger partial charge on any atom is 0.328 e. The van der Waals surface area contributed by atoms with Gasteiger partial charge in [0.25, 0.3) is 0 Å². The lowest BCUT2D eigenvalue weighted by atomic mass is 10.2. The van der Waals surface area contributed by atoms with Gasteiger partial charge >= 0.3 is 11.9 Å². The molecule has 1 aromatic rings. The summed E-state index contributed by atoms with van der Waals surface area (Å²) in [6.45, 7) is 10.7. The molecule has 1 unspecified atom stereocenters.